The molecule has 6 nitrogen and oxygen atoms in total. The minimum atomic E-state index is -0.282. The number of hydrogen-bond acceptors (Lipinski definition) is 6. The van der Waals surface area contributed by atoms with Crippen molar-refractivity contribution >= 4 is 11.6 Å². The van der Waals surface area contributed by atoms with Gasteiger partial charge in [-0.1, -0.05) is 47.9 Å². The van der Waals surface area contributed by atoms with Crippen LogP contribution < -0.4 is 9.47 Å². The third-order valence-electron chi connectivity index (χ3n) is 5.92. The van der Waals surface area contributed by atoms with Crippen LogP contribution in [0.15, 0.2) is 36.4 Å². The van der Waals surface area contributed by atoms with Gasteiger partial charge in [-0.15, -0.1) is 0 Å². The lowest BCUT2D eigenvalue weighted by molar-refractivity contribution is 0.0973. The van der Waals surface area contributed by atoms with Crippen molar-refractivity contribution in [3.8, 4) is 35.2 Å². The average Bonchev–Trinajstić information content (AvgIpc) is 2.82. The van der Waals surface area contributed by atoms with Gasteiger partial charge >= 0.3 is 0 Å². The number of nitrogens with zero attached hydrogens (tertiary/aromatic N) is 2. The Kier molecular flexibility index (Phi) is 5.64. The van der Waals surface area contributed by atoms with Gasteiger partial charge in [0.25, 0.3) is 0 Å². The van der Waals surface area contributed by atoms with Gasteiger partial charge in [-0.2, -0.15) is 0 Å². The maximum Gasteiger partial charge on any atom is 0.201 e. The highest BCUT2D eigenvalue weighted by Gasteiger charge is 2.34. The summed E-state index contributed by atoms with van der Waals surface area (Å²) < 4.78 is 11.7. The lowest BCUT2D eigenvalue weighted by Crippen LogP contribution is -2.46. The monoisotopic (exact) mass is 426 g/mol. The van der Waals surface area contributed by atoms with Crippen molar-refractivity contribution < 1.29 is 19.1 Å². The zero-order valence-electron chi connectivity index (χ0n) is 17.6. The molecule has 1 fully saturated rings. The molecule has 3 heterocycles. The second-order valence-electron chi connectivity index (χ2n) is 7.85. The molecule has 4 aliphatic rings. The highest BCUT2D eigenvalue weighted by atomic mass is 16.5. The van der Waals surface area contributed by atoms with Gasteiger partial charge in [-0.3, -0.25) is 19.4 Å². The predicted octanol–water partition coefficient (Wildman–Crippen LogP) is 1.86. The quantitative estimate of drug-likeness (QED) is 0.512. The molecular weight excluding hydrogens is 404 g/mol. The van der Waals surface area contributed by atoms with Crippen LogP contribution in [0.25, 0.3) is 0 Å². The molecule has 32 heavy (non-hydrogen) atoms. The number of carbonyl (C=O) groups is 2. The molecule has 1 saturated heterocycles. The van der Waals surface area contributed by atoms with E-state index in [9.17, 15) is 9.59 Å². The zero-order chi connectivity index (χ0) is 21.9. The van der Waals surface area contributed by atoms with E-state index in [0.717, 1.165) is 26.2 Å². The van der Waals surface area contributed by atoms with Crippen LogP contribution in [0.3, 0.4) is 0 Å². The zero-order valence-corrected chi connectivity index (χ0v) is 17.6. The SMILES string of the molecule is O=C1c2cccc3c2C(=O)c2c(cccc21)OCC#CCN1CCN(CC#CCO3)CC1. The molecule has 0 spiro atoms. The Morgan fingerprint density at radius 2 is 1.09 bits per heavy atom. The maximum atomic E-state index is 13.5. The number of rotatable bonds is 0. The first-order chi connectivity index (χ1) is 15.7. The lowest BCUT2D eigenvalue weighted by atomic mass is 9.83. The molecule has 0 aromatic heterocycles. The van der Waals surface area contributed by atoms with Crippen molar-refractivity contribution in [1.82, 2.24) is 9.80 Å². The topological polar surface area (TPSA) is 59.1 Å². The summed E-state index contributed by atoms with van der Waals surface area (Å²) in [6, 6.07) is 10.2. The second kappa shape index (κ2) is 8.88. The van der Waals surface area contributed by atoms with E-state index in [-0.39, 0.29) is 35.9 Å². The van der Waals surface area contributed by atoms with E-state index < -0.39 is 0 Å². The number of fused-ring (bicyclic) bond motifs is 8. The fourth-order valence-electron chi connectivity index (χ4n) is 4.19. The molecule has 4 bridgehead atoms. The molecule has 160 valence electrons. The fourth-order valence-corrected chi connectivity index (χ4v) is 4.19. The maximum absolute atomic E-state index is 13.5. The molecule has 6 heteroatoms. The van der Waals surface area contributed by atoms with Crippen molar-refractivity contribution in [2.24, 2.45) is 0 Å². The minimum absolute atomic E-state index is 0.150. The molecule has 0 atom stereocenters. The number of carbonyl (C=O) groups excluding carboxylic acids is 2. The second-order valence-corrected chi connectivity index (χ2v) is 7.85. The van der Waals surface area contributed by atoms with Crippen LogP contribution in [0.5, 0.6) is 11.5 Å². The van der Waals surface area contributed by atoms with Gasteiger partial charge < -0.3 is 9.47 Å². The molecule has 0 radical (unpaired) electrons. The molecule has 2 aromatic carbocycles. The van der Waals surface area contributed by atoms with Crippen molar-refractivity contribution in [2.45, 2.75) is 0 Å². The van der Waals surface area contributed by atoms with Gasteiger partial charge in [0, 0.05) is 37.3 Å². The van der Waals surface area contributed by atoms with Gasteiger partial charge in [0.15, 0.2) is 5.78 Å². The van der Waals surface area contributed by atoms with Crippen molar-refractivity contribution in [2.75, 3.05) is 52.5 Å². The molecular formula is C26H22N2O4. The highest BCUT2D eigenvalue weighted by Crippen LogP contribution is 2.37. The summed E-state index contributed by atoms with van der Waals surface area (Å²) in [5.74, 6) is 12.6. The van der Waals surface area contributed by atoms with Gasteiger partial charge in [0.2, 0.25) is 5.78 Å². The van der Waals surface area contributed by atoms with Crippen LogP contribution >= 0.6 is 0 Å². The van der Waals surface area contributed by atoms with E-state index >= 15 is 0 Å². The highest BCUT2D eigenvalue weighted by molar-refractivity contribution is 6.30. The van der Waals surface area contributed by atoms with Crippen LogP contribution in [0, 0.1) is 23.7 Å². The third kappa shape index (κ3) is 3.87. The van der Waals surface area contributed by atoms with Crippen molar-refractivity contribution in [3.05, 3.63) is 58.7 Å². The Balaban J connectivity index is 1.52. The summed E-state index contributed by atoms with van der Waals surface area (Å²) in [7, 11) is 0. The first-order valence-electron chi connectivity index (χ1n) is 10.7. The third-order valence-corrected chi connectivity index (χ3v) is 5.92. The van der Waals surface area contributed by atoms with Gasteiger partial charge in [0.1, 0.15) is 24.7 Å². The van der Waals surface area contributed by atoms with E-state index in [0.29, 0.717) is 35.7 Å². The Bertz CT molecular complexity index is 1110. The van der Waals surface area contributed by atoms with E-state index in [4.69, 9.17) is 9.47 Å². The number of benzene rings is 2. The molecule has 0 saturated carbocycles. The Morgan fingerprint density at radius 1 is 0.625 bits per heavy atom. The standard InChI is InChI=1S/C26H22N2O4/c29-25-19-7-5-9-21-23(19)26(30)24-20(25)8-6-10-22(24)32-18-4-2-12-28-15-13-27(14-16-28)11-1-3-17-31-21/h5-10H,11-18H2. The van der Waals surface area contributed by atoms with E-state index in [2.05, 4.69) is 33.5 Å². The molecule has 6 rings (SSSR count). The van der Waals surface area contributed by atoms with Crippen LogP contribution in [-0.4, -0.2) is 73.8 Å². The van der Waals surface area contributed by atoms with Crippen LogP contribution in [0.2, 0.25) is 0 Å². The molecule has 0 amide bonds. The molecule has 0 N–H and O–H groups in total. The molecule has 2 aromatic rings. The van der Waals surface area contributed by atoms with Gasteiger partial charge in [-0.05, 0) is 12.1 Å². The van der Waals surface area contributed by atoms with Crippen LogP contribution in [0.1, 0.15) is 31.8 Å². The van der Waals surface area contributed by atoms with Crippen LogP contribution in [-0.2, 0) is 0 Å². The summed E-state index contributed by atoms with van der Waals surface area (Å²) in [6.45, 7) is 5.46. The number of ether oxygens (including phenoxy) is 2. The van der Waals surface area contributed by atoms with Gasteiger partial charge in [0.05, 0.1) is 24.2 Å². The Hall–Kier alpha value is -3.58. The van der Waals surface area contributed by atoms with Crippen molar-refractivity contribution in [1.29, 1.82) is 0 Å². The fraction of sp³-hybridized carbons (Fsp3) is 0.308. The smallest absolute Gasteiger partial charge is 0.201 e. The summed E-state index contributed by atoms with van der Waals surface area (Å²) in [5.41, 5.74) is 1.21. The normalized spacial score (nSPS) is 22.0. The van der Waals surface area contributed by atoms with E-state index in [1.54, 1.807) is 36.4 Å². The van der Waals surface area contributed by atoms with Crippen LogP contribution in [0.4, 0.5) is 0 Å². The number of piperazine rings is 1. The average molecular weight is 426 g/mol. The van der Waals surface area contributed by atoms with Gasteiger partial charge in [-0.25, -0.2) is 0 Å². The van der Waals surface area contributed by atoms with Crippen molar-refractivity contribution in [3.63, 3.8) is 0 Å². The van der Waals surface area contributed by atoms with E-state index in [1.807, 2.05) is 0 Å². The summed E-state index contributed by atoms with van der Waals surface area (Å²) in [4.78, 5) is 31.2. The lowest BCUT2D eigenvalue weighted by Gasteiger charge is -2.32. The summed E-state index contributed by atoms with van der Waals surface area (Å²) >= 11 is 0. The number of hydrogen-bond donors (Lipinski definition) is 0. The molecule has 1 aliphatic carbocycles. The first kappa shape index (κ1) is 20.3. The molecule has 3 aliphatic heterocycles. The Labute approximate surface area is 187 Å². The summed E-state index contributed by atoms with van der Waals surface area (Å²) in [5, 5.41) is 0. The minimum Gasteiger partial charge on any atom is -0.480 e. The first-order valence-corrected chi connectivity index (χ1v) is 10.7. The Morgan fingerprint density at radius 3 is 1.56 bits per heavy atom. The molecule has 0 unspecified atom stereocenters. The predicted molar refractivity (Wildman–Crippen MR) is 119 cm³/mol. The summed E-state index contributed by atoms with van der Waals surface area (Å²) in [6.07, 6.45) is 0. The number of ketones is 2. The van der Waals surface area contributed by atoms with E-state index in [1.165, 1.54) is 0 Å². The largest absolute Gasteiger partial charge is 0.480 e.